The molecule has 7 heteroatoms. The zero-order valence-corrected chi connectivity index (χ0v) is 18.1. The highest BCUT2D eigenvalue weighted by Gasteiger charge is 2.24. The van der Waals surface area contributed by atoms with Crippen LogP contribution in [0.4, 0.5) is 11.5 Å². The monoisotopic (exact) mass is 421 g/mol. The summed E-state index contributed by atoms with van der Waals surface area (Å²) in [5.74, 6) is 0.831. The normalized spacial score (nSPS) is 14.0. The fraction of sp³-hybridized carbons (Fsp3) is 0.240. The molecule has 0 aliphatic carbocycles. The maximum Gasteiger partial charge on any atom is 0.135 e. The second kappa shape index (κ2) is 8.23. The smallest absolute Gasteiger partial charge is 0.135 e. The van der Waals surface area contributed by atoms with Gasteiger partial charge in [-0.05, 0) is 49.2 Å². The number of fused-ring (bicyclic) bond motifs is 2. The van der Waals surface area contributed by atoms with E-state index in [1.54, 1.807) is 18.7 Å². The third kappa shape index (κ3) is 3.71. The van der Waals surface area contributed by atoms with Crippen LogP contribution in [0.5, 0.6) is 0 Å². The van der Waals surface area contributed by atoms with Crippen molar-refractivity contribution in [3.8, 4) is 6.07 Å². The molecule has 1 aliphatic rings. The van der Waals surface area contributed by atoms with Crippen molar-refractivity contribution in [1.29, 1.82) is 5.26 Å². The first kappa shape index (κ1) is 19.9. The quantitative estimate of drug-likeness (QED) is 0.524. The van der Waals surface area contributed by atoms with E-state index in [9.17, 15) is 5.26 Å². The van der Waals surface area contributed by atoms with E-state index in [1.165, 1.54) is 0 Å². The van der Waals surface area contributed by atoms with Crippen LogP contribution in [0.15, 0.2) is 55.1 Å². The molecule has 1 unspecified atom stereocenters. The van der Waals surface area contributed by atoms with Gasteiger partial charge in [-0.15, -0.1) is 0 Å². The van der Waals surface area contributed by atoms with Crippen molar-refractivity contribution >= 4 is 22.5 Å². The van der Waals surface area contributed by atoms with Crippen LogP contribution in [0.2, 0.25) is 0 Å². The predicted octanol–water partition coefficient (Wildman–Crippen LogP) is 4.34. The van der Waals surface area contributed by atoms with Crippen molar-refractivity contribution in [2.24, 2.45) is 0 Å². The van der Waals surface area contributed by atoms with E-state index in [1.807, 2.05) is 25.1 Å². The summed E-state index contributed by atoms with van der Waals surface area (Å²) in [6, 6.07) is 14.5. The molecule has 0 saturated heterocycles. The summed E-state index contributed by atoms with van der Waals surface area (Å²) in [4.78, 5) is 20.1. The van der Waals surface area contributed by atoms with Crippen molar-refractivity contribution in [1.82, 2.24) is 19.9 Å². The fourth-order valence-electron chi connectivity index (χ4n) is 4.22. The summed E-state index contributed by atoms with van der Waals surface area (Å²) in [6.45, 7) is 5.60. The molecule has 0 amide bonds. The van der Waals surface area contributed by atoms with E-state index in [-0.39, 0.29) is 6.04 Å². The first-order valence-electron chi connectivity index (χ1n) is 10.7. The van der Waals surface area contributed by atoms with Crippen LogP contribution < -0.4 is 10.2 Å². The molecule has 4 aromatic rings. The molecule has 158 valence electrons. The van der Waals surface area contributed by atoms with Crippen molar-refractivity contribution in [3.63, 3.8) is 0 Å². The van der Waals surface area contributed by atoms with Gasteiger partial charge in [0.1, 0.15) is 18.2 Å². The largest absolute Gasteiger partial charge is 0.366 e. The molecular formula is C25H23N7. The van der Waals surface area contributed by atoms with Gasteiger partial charge in [0.15, 0.2) is 0 Å². The first-order valence-corrected chi connectivity index (χ1v) is 10.7. The van der Waals surface area contributed by atoms with Gasteiger partial charge in [0.25, 0.3) is 0 Å². The van der Waals surface area contributed by atoms with Gasteiger partial charge >= 0.3 is 0 Å². The van der Waals surface area contributed by atoms with Gasteiger partial charge in [-0.25, -0.2) is 9.97 Å². The Morgan fingerprint density at radius 1 is 1.03 bits per heavy atom. The molecule has 1 atom stereocenters. The van der Waals surface area contributed by atoms with Gasteiger partial charge in [0.2, 0.25) is 0 Å². The topological polar surface area (TPSA) is 90.6 Å². The lowest BCUT2D eigenvalue weighted by atomic mass is 10.0. The van der Waals surface area contributed by atoms with Gasteiger partial charge in [-0.1, -0.05) is 12.1 Å². The zero-order chi connectivity index (χ0) is 22.1. The standard InChI is InChI=1S/C25H23N7/c1-16-3-6-24(19(11-16)13-26)32-10-7-21-20(14-32)25(30-15-29-21)31-17(2)18-4-5-22-23(12-18)28-9-8-27-22/h3-6,8-9,11-12,15,17H,7,10,14H2,1-2H3,(H,29,30,31). The lowest BCUT2D eigenvalue weighted by Crippen LogP contribution is -2.32. The molecule has 2 aromatic heterocycles. The second-order valence-corrected chi connectivity index (χ2v) is 8.12. The summed E-state index contributed by atoms with van der Waals surface area (Å²) in [5.41, 5.74) is 7.75. The summed E-state index contributed by atoms with van der Waals surface area (Å²) in [5, 5.41) is 13.2. The predicted molar refractivity (Wildman–Crippen MR) is 124 cm³/mol. The number of rotatable bonds is 4. The molecule has 0 fully saturated rings. The van der Waals surface area contributed by atoms with Crippen molar-refractivity contribution in [3.05, 3.63) is 83.1 Å². The van der Waals surface area contributed by atoms with E-state index in [0.29, 0.717) is 12.1 Å². The van der Waals surface area contributed by atoms with E-state index >= 15 is 0 Å². The van der Waals surface area contributed by atoms with E-state index in [0.717, 1.165) is 57.9 Å². The number of nitrogens with zero attached hydrogens (tertiary/aromatic N) is 6. The van der Waals surface area contributed by atoms with Gasteiger partial charge in [-0.2, -0.15) is 5.26 Å². The number of hydrogen-bond acceptors (Lipinski definition) is 7. The molecular weight excluding hydrogens is 398 g/mol. The number of aromatic nitrogens is 4. The third-order valence-electron chi connectivity index (χ3n) is 5.96. The van der Waals surface area contributed by atoms with Crippen LogP contribution in [0.25, 0.3) is 11.0 Å². The maximum absolute atomic E-state index is 9.62. The molecule has 2 aromatic carbocycles. The molecule has 32 heavy (non-hydrogen) atoms. The molecule has 0 bridgehead atoms. The highest BCUT2D eigenvalue weighted by atomic mass is 15.2. The number of nitrogens with one attached hydrogen (secondary N) is 1. The van der Waals surface area contributed by atoms with Crippen LogP contribution in [0.1, 0.15) is 40.9 Å². The van der Waals surface area contributed by atoms with Crippen LogP contribution in [-0.4, -0.2) is 26.5 Å². The highest BCUT2D eigenvalue weighted by Crippen LogP contribution is 2.31. The Kier molecular flexibility index (Phi) is 5.12. The number of hydrogen-bond donors (Lipinski definition) is 1. The number of benzene rings is 2. The van der Waals surface area contributed by atoms with Crippen LogP contribution in [-0.2, 0) is 13.0 Å². The van der Waals surface area contributed by atoms with Crippen molar-refractivity contribution in [2.75, 3.05) is 16.8 Å². The zero-order valence-electron chi connectivity index (χ0n) is 18.1. The Balaban J connectivity index is 1.43. The van der Waals surface area contributed by atoms with Crippen LogP contribution in [0.3, 0.4) is 0 Å². The molecule has 0 spiro atoms. The molecule has 0 saturated carbocycles. The lowest BCUT2D eigenvalue weighted by molar-refractivity contribution is 0.702. The van der Waals surface area contributed by atoms with Gasteiger partial charge in [0, 0.05) is 37.5 Å². The molecule has 3 heterocycles. The molecule has 0 radical (unpaired) electrons. The minimum atomic E-state index is 0.0322. The Hall–Kier alpha value is -4.05. The lowest BCUT2D eigenvalue weighted by Gasteiger charge is -2.32. The van der Waals surface area contributed by atoms with Crippen molar-refractivity contribution < 1.29 is 0 Å². The van der Waals surface area contributed by atoms with Crippen molar-refractivity contribution in [2.45, 2.75) is 32.9 Å². The minimum Gasteiger partial charge on any atom is -0.366 e. The summed E-state index contributed by atoms with van der Waals surface area (Å²) >= 11 is 0. The van der Waals surface area contributed by atoms with Gasteiger partial charge in [-0.3, -0.25) is 9.97 Å². The Morgan fingerprint density at radius 3 is 2.72 bits per heavy atom. The second-order valence-electron chi connectivity index (χ2n) is 8.12. The maximum atomic E-state index is 9.62. The molecule has 5 rings (SSSR count). The summed E-state index contributed by atoms with van der Waals surface area (Å²) < 4.78 is 0. The molecule has 7 nitrogen and oxygen atoms in total. The van der Waals surface area contributed by atoms with E-state index in [4.69, 9.17) is 0 Å². The average molecular weight is 422 g/mol. The molecule has 1 aliphatic heterocycles. The van der Waals surface area contributed by atoms with E-state index in [2.05, 4.69) is 61.3 Å². The van der Waals surface area contributed by atoms with Crippen LogP contribution >= 0.6 is 0 Å². The molecule has 1 N–H and O–H groups in total. The number of aryl methyl sites for hydroxylation is 1. The number of anilines is 2. The van der Waals surface area contributed by atoms with Gasteiger partial charge < -0.3 is 10.2 Å². The Morgan fingerprint density at radius 2 is 1.88 bits per heavy atom. The SMILES string of the molecule is Cc1ccc(N2CCc3ncnc(NC(C)c4ccc5nccnc5c4)c3C2)c(C#N)c1. The average Bonchev–Trinajstić information content (AvgIpc) is 2.83. The first-order chi connectivity index (χ1) is 15.6. The Labute approximate surface area is 186 Å². The fourth-order valence-corrected chi connectivity index (χ4v) is 4.22. The Bertz CT molecular complexity index is 1340. The third-order valence-corrected chi connectivity index (χ3v) is 5.96. The minimum absolute atomic E-state index is 0.0322. The summed E-state index contributed by atoms with van der Waals surface area (Å²) in [6.07, 6.45) is 5.85. The number of nitriles is 1. The highest BCUT2D eigenvalue weighted by molar-refractivity contribution is 5.74. The van der Waals surface area contributed by atoms with Crippen LogP contribution in [0, 0.1) is 18.3 Å². The van der Waals surface area contributed by atoms with E-state index < -0.39 is 0 Å². The summed E-state index contributed by atoms with van der Waals surface area (Å²) in [7, 11) is 0. The van der Waals surface area contributed by atoms with Gasteiger partial charge in [0.05, 0.1) is 34.0 Å².